The van der Waals surface area contributed by atoms with Gasteiger partial charge in [0.05, 0.1) is 37.2 Å². The van der Waals surface area contributed by atoms with Gasteiger partial charge >= 0.3 is 0 Å². The van der Waals surface area contributed by atoms with Crippen molar-refractivity contribution in [1.82, 2.24) is 29.0 Å². The van der Waals surface area contributed by atoms with Crippen LogP contribution >= 0.6 is 0 Å². The molecule has 37 heavy (non-hydrogen) atoms. The molecule has 11 nitrogen and oxygen atoms in total. The molecule has 3 aromatic heterocycles. The summed E-state index contributed by atoms with van der Waals surface area (Å²) in [4.78, 5) is 22.6. The Morgan fingerprint density at radius 3 is 2.49 bits per heavy atom. The SMILES string of the molecule is CCCN1CCN(S(=O)(=O)c2cnc(OCC)c(-c3cc4c(CC)n(CCOC)nc4c(=O)[nH]3)c2)CC1. The number of aromatic amines is 1. The lowest BCUT2D eigenvalue weighted by molar-refractivity contribution is 0.183. The molecule has 0 bridgehead atoms. The molecule has 0 amide bonds. The minimum atomic E-state index is -3.77. The van der Waals surface area contributed by atoms with Gasteiger partial charge in [-0.05, 0) is 38.4 Å². The Morgan fingerprint density at radius 2 is 1.84 bits per heavy atom. The van der Waals surface area contributed by atoms with Crippen molar-refractivity contribution in [3.05, 3.63) is 34.4 Å². The normalized spacial score (nSPS) is 15.5. The van der Waals surface area contributed by atoms with Gasteiger partial charge in [0.2, 0.25) is 15.9 Å². The number of fused-ring (bicyclic) bond motifs is 1. The number of hydrogen-bond acceptors (Lipinski definition) is 8. The van der Waals surface area contributed by atoms with E-state index in [1.807, 2.05) is 19.9 Å². The first-order valence-electron chi connectivity index (χ1n) is 12.8. The lowest BCUT2D eigenvalue weighted by Gasteiger charge is -2.33. The van der Waals surface area contributed by atoms with E-state index in [0.29, 0.717) is 74.5 Å². The summed E-state index contributed by atoms with van der Waals surface area (Å²) < 4.78 is 41.2. The Kier molecular flexibility index (Phi) is 8.63. The van der Waals surface area contributed by atoms with Gasteiger partial charge in [-0.2, -0.15) is 9.40 Å². The number of aromatic nitrogens is 4. The van der Waals surface area contributed by atoms with Crippen LogP contribution < -0.4 is 10.3 Å². The van der Waals surface area contributed by atoms with Crippen molar-refractivity contribution in [3.8, 4) is 17.1 Å². The summed E-state index contributed by atoms with van der Waals surface area (Å²) in [6.07, 6.45) is 3.03. The maximum absolute atomic E-state index is 13.5. The van der Waals surface area contributed by atoms with Crippen molar-refractivity contribution >= 4 is 20.9 Å². The predicted octanol–water partition coefficient (Wildman–Crippen LogP) is 2.11. The third-order valence-electron chi connectivity index (χ3n) is 6.60. The van der Waals surface area contributed by atoms with Crippen LogP contribution in [0.5, 0.6) is 5.88 Å². The predicted molar refractivity (Wildman–Crippen MR) is 141 cm³/mol. The van der Waals surface area contributed by atoms with Crippen LogP contribution in [0.1, 0.15) is 32.9 Å². The zero-order chi connectivity index (χ0) is 26.6. The largest absolute Gasteiger partial charge is 0.477 e. The first-order chi connectivity index (χ1) is 17.8. The number of nitrogens with zero attached hydrogens (tertiary/aromatic N) is 5. The second-order valence-corrected chi connectivity index (χ2v) is 10.9. The third-order valence-corrected chi connectivity index (χ3v) is 8.46. The highest BCUT2D eigenvalue weighted by atomic mass is 32.2. The second-order valence-electron chi connectivity index (χ2n) is 8.99. The molecule has 1 N–H and O–H groups in total. The number of sulfonamides is 1. The fourth-order valence-electron chi connectivity index (χ4n) is 4.75. The van der Waals surface area contributed by atoms with Gasteiger partial charge in [0.1, 0.15) is 4.90 Å². The second kappa shape index (κ2) is 11.7. The van der Waals surface area contributed by atoms with E-state index >= 15 is 0 Å². The molecule has 12 heteroatoms. The molecule has 0 atom stereocenters. The van der Waals surface area contributed by atoms with Crippen LogP contribution in [0.25, 0.3) is 22.2 Å². The zero-order valence-electron chi connectivity index (χ0n) is 22.0. The molecule has 4 heterocycles. The Labute approximate surface area is 217 Å². The van der Waals surface area contributed by atoms with E-state index in [-0.39, 0.29) is 16.3 Å². The molecular weight excluding hydrogens is 496 g/mol. The first kappa shape index (κ1) is 27.2. The van der Waals surface area contributed by atoms with Crippen molar-refractivity contribution in [2.75, 3.05) is 53.0 Å². The lowest BCUT2D eigenvalue weighted by atomic mass is 10.1. The molecule has 202 valence electrons. The van der Waals surface area contributed by atoms with Gasteiger partial charge in [-0.25, -0.2) is 13.4 Å². The van der Waals surface area contributed by atoms with Crippen molar-refractivity contribution < 1.29 is 17.9 Å². The van der Waals surface area contributed by atoms with Crippen LogP contribution in [0.4, 0.5) is 0 Å². The van der Waals surface area contributed by atoms with Crippen LogP contribution in [0.15, 0.2) is 28.0 Å². The van der Waals surface area contributed by atoms with Crippen LogP contribution in [0, 0.1) is 0 Å². The monoisotopic (exact) mass is 532 g/mol. The highest BCUT2D eigenvalue weighted by molar-refractivity contribution is 7.89. The van der Waals surface area contributed by atoms with Crippen LogP contribution in [-0.2, 0) is 27.7 Å². The summed E-state index contributed by atoms with van der Waals surface area (Å²) in [6, 6.07) is 3.37. The van der Waals surface area contributed by atoms with E-state index in [4.69, 9.17) is 9.47 Å². The Hall–Kier alpha value is -2.80. The maximum Gasteiger partial charge on any atom is 0.276 e. The third kappa shape index (κ3) is 5.57. The van der Waals surface area contributed by atoms with Crippen molar-refractivity contribution in [1.29, 1.82) is 0 Å². The Balaban J connectivity index is 1.77. The molecule has 3 aromatic rings. The van der Waals surface area contributed by atoms with Crippen molar-refractivity contribution in [3.63, 3.8) is 0 Å². The number of ether oxygens (including phenoxy) is 2. The molecule has 4 rings (SSSR count). The molecule has 0 aliphatic carbocycles. The molecule has 1 aliphatic rings. The lowest BCUT2D eigenvalue weighted by Crippen LogP contribution is -2.48. The van der Waals surface area contributed by atoms with E-state index in [1.54, 1.807) is 17.9 Å². The van der Waals surface area contributed by atoms with E-state index < -0.39 is 10.0 Å². The summed E-state index contributed by atoms with van der Waals surface area (Å²) >= 11 is 0. The average Bonchev–Trinajstić information content (AvgIpc) is 3.26. The minimum Gasteiger partial charge on any atom is -0.477 e. The number of nitrogens with one attached hydrogen (secondary N) is 1. The van der Waals surface area contributed by atoms with Gasteiger partial charge < -0.3 is 19.4 Å². The number of hydrogen-bond donors (Lipinski definition) is 1. The topological polar surface area (TPSA) is 123 Å². The maximum atomic E-state index is 13.5. The summed E-state index contributed by atoms with van der Waals surface area (Å²) in [6.45, 7) is 10.5. The molecule has 0 saturated carbocycles. The number of methoxy groups -OCH3 is 1. The smallest absolute Gasteiger partial charge is 0.276 e. The van der Waals surface area contributed by atoms with E-state index in [1.165, 1.54) is 10.5 Å². The standard InChI is InChI=1S/C25H36N6O5S/c1-5-8-29-9-11-30(12-10-29)37(33,34)18-15-19(25(26-17-18)36-7-3)21-16-20-22(6-2)31(13-14-35-4)28-23(20)24(32)27-21/h15-17H,5-14H2,1-4H3,(H,27,32). The molecule has 0 radical (unpaired) electrons. The van der Waals surface area contributed by atoms with E-state index in [9.17, 15) is 13.2 Å². The molecular formula is C25H36N6O5S. The van der Waals surface area contributed by atoms with Gasteiger partial charge in [0.15, 0.2) is 5.52 Å². The fourth-order valence-corrected chi connectivity index (χ4v) is 6.15. The van der Waals surface area contributed by atoms with Gasteiger partial charge in [0, 0.05) is 44.4 Å². The molecule has 0 aromatic carbocycles. The highest BCUT2D eigenvalue weighted by Gasteiger charge is 2.30. The Bertz CT molecular complexity index is 1390. The van der Waals surface area contributed by atoms with Gasteiger partial charge in [-0.3, -0.25) is 9.48 Å². The van der Waals surface area contributed by atoms with Crippen LogP contribution in [-0.4, -0.2) is 90.4 Å². The molecule has 1 aliphatic heterocycles. The van der Waals surface area contributed by atoms with Crippen molar-refractivity contribution in [2.45, 2.75) is 45.1 Å². The molecule has 1 saturated heterocycles. The summed E-state index contributed by atoms with van der Waals surface area (Å²) in [7, 11) is -2.15. The van der Waals surface area contributed by atoms with Gasteiger partial charge in [-0.1, -0.05) is 13.8 Å². The molecule has 0 unspecified atom stereocenters. The van der Waals surface area contributed by atoms with Crippen molar-refractivity contribution in [2.24, 2.45) is 0 Å². The molecule has 1 fully saturated rings. The number of H-pyrrole nitrogens is 1. The van der Waals surface area contributed by atoms with Crippen LogP contribution in [0.3, 0.4) is 0 Å². The van der Waals surface area contributed by atoms with Gasteiger partial charge in [-0.15, -0.1) is 0 Å². The summed E-state index contributed by atoms with van der Waals surface area (Å²) in [5, 5.41) is 5.20. The van der Waals surface area contributed by atoms with Crippen LogP contribution in [0.2, 0.25) is 0 Å². The number of piperazine rings is 1. The van der Waals surface area contributed by atoms with Gasteiger partial charge in [0.25, 0.3) is 5.56 Å². The number of aryl methyl sites for hydroxylation is 1. The van der Waals surface area contributed by atoms with E-state index in [2.05, 4.69) is 26.9 Å². The minimum absolute atomic E-state index is 0.0716. The fraction of sp³-hybridized carbons (Fsp3) is 0.560. The van der Waals surface area contributed by atoms with E-state index in [0.717, 1.165) is 18.7 Å². The summed E-state index contributed by atoms with van der Waals surface area (Å²) in [5.74, 6) is 0.258. The number of pyridine rings is 2. The zero-order valence-corrected chi connectivity index (χ0v) is 22.8. The first-order valence-corrected chi connectivity index (χ1v) is 14.2. The quantitative estimate of drug-likeness (QED) is 0.398. The summed E-state index contributed by atoms with van der Waals surface area (Å²) in [5.41, 5.74) is 1.72. The highest BCUT2D eigenvalue weighted by Crippen LogP contribution is 2.32. The Morgan fingerprint density at radius 1 is 1.08 bits per heavy atom. The number of rotatable bonds is 11. The molecule has 0 spiro atoms. The average molecular weight is 533 g/mol.